The van der Waals surface area contributed by atoms with Crippen molar-refractivity contribution < 1.29 is 9.90 Å². The van der Waals surface area contributed by atoms with Gasteiger partial charge in [0, 0.05) is 16.6 Å². The molecule has 0 aliphatic heterocycles. The first-order valence-electron chi connectivity index (χ1n) is 8.41. The van der Waals surface area contributed by atoms with Crippen LogP contribution < -0.4 is 16.4 Å². The Bertz CT molecular complexity index is 907. The van der Waals surface area contributed by atoms with Gasteiger partial charge in [-0.2, -0.15) is 4.98 Å². The van der Waals surface area contributed by atoms with Crippen molar-refractivity contribution in [2.45, 2.75) is 19.4 Å². The number of amides is 1. The fraction of sp³-hybridized carbons (Fsp3) is 0.211. The van der Waals surface area contributed by atoms with Gasteiger partial charge in [-0.15, -0.1) is 0 Å². The normalized spacial score (nSPS) is 11.9. The van der Waals surface area contributed by atoms with Gasteiger partial charge in [0.1, 0.15) is 5.82 Å². The number of aliphatic hydroxyl groups excluding tert-OH is 1. The summed E-state index contributed by atoms with van der Waals surface area (Å²) >= 11 is 0. The number of nitrogens with zero attached hydrogens (tertiary/aromatic N) is 2. The topological polar surface area (TPSA) is 113 Å². The SMILES string of the molecule is CCC(CO)Nc1nc(Nc2ccc(C(N)=O)cc2)nc2ccccc12. The van der Waals surface area contributed by atoms with Crippen molar-refractivity contribution in [3.8, 4) is 0 Å². The van der Waals surface area contributed by atoms with Crippen LogP contribution in [0.5, 0.6) is 0 Å². The number of hydrogen-bond acceptors (Lipinski definition) is 6. The summed E-state index contributed by atoms with van der Waals surface area (Å²) in [5, 5.41) is 16.8. The average Bonchev–Trinajstić information content (AvgIpc) is 2.66. The molecule has 0 spiro atoms. The summed E-state index contributed by atoms with van der Waals surface area (Å²) in [4.78, 5) is 20.3. The van der Waals surface area contributed by atoms with Crippen LogP contribution in [0.15, 0.2) is 48.5 Å². The van der Waals surface area contributed by atoms with Crippen LogP contribution in [0.1, 0.15) is 23.7 Å². The van der Waals surface area contributed by atoms with Crippen molar-refractivity contribution in [2.75, 3.05) is 17.2 Å². The molecule has 0 aliphatic rings. The van der Waals surface area contributed by atoms with Crippen molar-refractivity contribution in [2.24, 2.45) is 5.73 Å². The highest BCUT2D eigenvalue weighted by Crippen LogP contribution is 2.24. The first kappa shape index (κ1) is 17.6. The van der Waals surface area contributed by atoms with E-state index in [1.807, 2.05) is 31.2 Å². The van der Waals surface area contributed by atoms with E-state index < -0.39 is 5.91 Å². The van der Waals surface area contributed by atoms with Gasteiger partial charge in [0.25, 0.3) is 0 Å². The number of carbonyl (C=O) groups is 1. The third kappa shape index (κ3) is 3.89. The molecule has 0 saturated carbocycles. The van der Waals surface area contributed by atoms with Crippen LogP contribution in [0.4, 0.5) is 17.5 Å². The first-order valence-corrected chi connectivity index (χ1v) is 8.41. The van der Waals surface area contributed by atoms with Gasteiger partial charge in [-0.3, -0.25) is 4.79 Å². The Balaban J connectivity index is 1.94. The molecule has 1 unspecified atom stereocenters. The lowest BCUT2D eigenvalue weighted by Gasteiger charge is -2.17. The van der Waals surface area contributed by atoms with Crippen molar-refractivity contribution in [3.05, 3.63) is 54.1 Å². The van der Waals surface area contributed by atoms with E-state index in [1.165, 1.54) is 0 Å². The van der Waals surface area contributed by atoms with Crippen molar-refractivity contribution in [1.82, 2.24) is 9.97 Å². The van der Waals surface area contributed by atoms with Crippen LogP contribution in [-0.4, -0.2) is 33.6 Å². The van der Waals surface area contributed by atoms with Gasteiger partial charge in [-0.25, -0.2) is 4.98 Å². The van der Waals surface area contributed by atoms with E-state index in [4.69, 9.17) is 5.73 Å². The van der Waals surface area contributed by atoms with E-state index in [2.05, 4.69) is 20.6 Å². The van der Waals surface area contributed by atoms with Gasteiger partial charge in [0.2, 0.25) is 11.9 Å². The third-order valence-corrected chi connectivity index (χ3v) is 4.08. The van der Waals surface area contributed by atoms with Gasteiger partial charge in [0.05, 0.1) is 18.2 Å². The maximum atomic E-state index is 11.2. The molecular weight excluding hydrogens is 330 g/mol. The van der Waals surface area contributed by atoms with Crippen molar-refractivity contribution >= 4 is 34.3 Å². The number of carbonyl (C=O) groups excluding carboxylic acids is 1. The maximum Gasteiger partial charge on any atom is 0.248 e. The molecule has 5 N–H and O–H groups in total. The molecule has 2 aromatic carbocycles. The minimum Gasteiger partial charge on any atom is -0.394 e. The number of fused-ring (bicyclic) bond motifs is 1. The third-order valence-electron chi connectivity index (χ3n) is 4.08. The predicted octanol–water partition coefficient (Wildman–Crippen LogP) is 2.66. The molecular formula is C19H21N5O2. The second-order valence-electron chi connectivity index (χ2n) is 5.91. The first-order chi connectivity index (χ1) is 12.6. The summed E-state index contributed by atoms with van der Waals surface area (Å²) < 4.78 is 0. The standard InChI is InChI=1S/C19H21N5O2/c1-2-13(11-25)21-18-15-5-3-4-6-16(15)23-19(24-18)22-14-9-7-12(8-10-14)17(20)26/h3-10,13,25H,2,11H2,1H3,(H2,20,26)(H2,21,22,23,24). The highest BCUT2D eigenvalue weighted by atomic mass is 16.3. The highest BCUT2D eigenvalue weighted by molar-refractivity contribution is 5.93. The summed E-state index contributed by atoms with van der Waals surface area (Å²) in [5.41, 5.74) is 7.22. The fourth-order valence-electron chi connectivity index (χ4n) is 2.56. The van der Waals surface area contributed by atoms with Crippen molar-refractivity contribution in [1.29, 1.82) is 0 Å². The Labute approximate surface area is 151 Å². The number of primary amides is 1. The zero-order valence-corrected chi connectivity index (χ0v) is 14.4. The Kier molecular flexibility index (Phi) is 5.28. The number of anilines is 3. The molecule has 0 radical (unpaired) electrons. The van der Waals surface area contributed by atoms with E-state index in [9.17, 15) is 9.90 Å². The van der Waals surface area contributed by atoms with E-state index in [1.54, 1.807) is 24.3 Å². The fourth-order valence-corrected chi connectivity index (χ4v) is 2.56. The Hall–Kier alpha value is -3.19. The van der Waals surface area contributed by atoms with Gasteiger partial charge >= 0.3 is 0 Å². The van der Waals surface area contributed by atoms with Crippen LogP contribution >= 0.6 is 0 Å². The summed E-state index contributed by atoms with van der Waals surface area (Å²) in [6, 6.07) is 14.4. The smallest absolute Gasteiger partial charge is 0.248 e. The van der Waals surface area contributed by atoms with E-state index >= 15 is 0 Å². The highest BCUT2D eigenvalue weighted by Gasteiger charge is 2.12. The second-order valence-corrected chi connectivity index (χ2v) is 5.91. The molecule has 0 aliphatic carbocycles. The molecule has 1 atom stereocenters. The molecule has 7 nitrogen and oxygen atoms in total. The summed E-state index contributed by atoms with van der Waals surface area (Å²) in [5.74, 6) is 0.609. The van der Waals surface area contributed by atoms with Crippen LogP contribution in [-0.2, 0) is 0 Å². The number of nitrogens with two attached hydrogens (primary N) is 1. The molecule has 0 fully saturated rings. The van der Waals surface area contributed by atoms with Gasteiger partial charge in [0.15, 0.2) is 0 Å². The molecule has 7 heteroatoms. The summed E-state index contributed by atoms with van der Waals surface area (Å²) in [6.45, 7) is 2.02. The second kappa shape index (κ2) is 7.79. The number of hydrogen-bond donors (Lipinski definition) is 4. The maximum absolute atomic E-state index is 11.2. The quantitative estimate of drug-likeness (QED) is 0.520. The van der Waals surface area contributed by atoms with Crippen molar-refractivity contribution in [3.63, 3.8) is 0 Å². The molecule has 1 amide bonds. The zero-order valence-electron chi connectivity index (χ0n) is 14.4. The lowest BCUT2D eigenvalue weighted by molar-refractivity contribution is 0.100. The van der Waals surface area contributed by atoms with E-state index in [-0.39, 0.29) is 12.6 Å². The minimum atomic E-state index is -0.473. The van der Waals surface area contributed by atoms with Crippen LogP contribution in [0.2, 0.25) is 0 Å². The zero-order chi connectivity index (χ0) is 18.5. The molecule has 26 heavy (non-hydrogen) atoms. The average molecular weight is 351 g/mol. The number of benzene rings is 2. The molecule has 3 rings (SSSR count). The lowest BCUT2D eigenvalue weighted by atomic mass is 10.2. The van der Waals surface area contributed by atoms with Gasteiger partial charge < -0.3 is 21.5 Å². The largest absolute Gasteiger partial charge is 0.394 e. The molecule has 3 aromatic rings. The number of aromatic nitrogens is 2. The van der Waals surface area contributed by atoms with Gasteiger partial charge in [-0.05, 0) is 42.8 Å². The minimum absolute atomic E-state index is 0.0200. The van der Waals surface area contributed by atoms with Gasteiger partial charge in [-0.1, -0.05) is 19.1 Å². The molecule has 134 valence electrons. The lowest BCUT2D eigenvalue weighted by Crippen LogP contribution is -2.23. The monoisotopic (exact) mass is 351 g/mol. The number of para-hydroxylation sites is 1. The number of aliphatic hydroxyl groups is 1. The Morgan fingerprint density at radius 1 is 1.15 bits per heavy atom. The van der Waals surface area contributed by atoms with E-state index in [0.717, 1.165) is 23.0 Å². The Morgan fingerprint density at radius 2 is 1.88 bits per heavy atom. The Morgan fingerprint density at radius 3 is 2.54 bits per heavy atom. The van der Waals surface area contributed by atoms with Crippen LogP contribution in [0.3, 0.4) is 0 Å². The number of rotatable bonds is 7. The summed E-state index contributed by atoms with van der Waals surface area (Å²) in [7, 11) is 0. The van der Waals surface area contributed by atoms with Crippen LogP contribution in [0, 0.1) is 0 Å². The molecule has 1 aromatic heterocycles. The molecule has 0 saturated heterocycles. The summed E-state index contributed by atoms with van der Waals surface area (Å²) in [6.07, 6.45) is 0.770. The molecule has 1 heterocycles. The number of nitrogens with one attached hydrogen (secondary N) is 2. The van der Waals surface area contributed by atoms with E-state index in [0.29, 0.717) is 17.3 Å². The van der Waals surface area contributed by atoms with Crippen LogP contribution in [0.25, 0.3) is 10.9 Å². The predicted molar refractivity (Wildman–Crippen MR) is 103 cm³/mol. The molecule has 0 bridgehead atoms.